The smallest absolute Gasteiger partial charge is 0.0900 e. The number of aliphatic hydroxyl groups is 1. The molecule has 2 rings (SSSR count). The molecular weight excluding hydrogens is 238 g/mol. The van der Waals surface area contributed by atoms with Crippen LogP contribution in [0.15, 0.2) is 24.3 Å². The molecule has 3 heteroatoms. The predicted octanol–water partition coefficient (Wildman–Crippen LogP) is 2.18. The fourth-order valence-electron chi connectivity index (χ4n) is 3.14. The van der Waals surface area contributed by atoms with E-state index in [9.17, 15) is 5.11 Å². The van der Waals surface area contributed by atoms with E-state index in [2.05, 4.69) is 43.0 Å². The summed E-state index contributed by atoms with van der Waals surface area (Å²) in [5.74, 6) is 0.589. The van der Waals surface area contributed by atoms with Gasteiger partial charge in [0, 0.05) is 26.2 Å². The lowest BCUT2D eigenvalue weighted by molar-refractivity contribution is 0.0360. The minimum atomic E-state index is -0.386. The first-order valence-corrected chi connectivity index (χ1v) is 7.08. The highest BCUT2D eigenvalue weighted by Crippen LogP contribution is 2.33. The van der Waals surface area contributed by atoms with Crippen molar-refractivity contribution >= 4 is 0 Å². The summed E-state index contributed by atoms with van der Waals surface area (Å²) >= 11 is 0. The maximum Gasteiger partial charge on any atom is 0.0900 e. The maximum atomic E-state index is 9.87. The molecule has 1 fully saturated rings. The van der Waals surface area contributed by atoms with Crippen molar-refractivity contribution in [3.8, 4) is 0 Å². The van der Waals surface area contributed by atoms with Gasteiger partial charge in [-0.25, -0.2) is 0 Å². The van der Waals surface area contributed by atoms with Crippen LogP contribution in [0, 0.1) is 6.92 Å². The van der Waals surface area contributed by atoms with Crippen LogP contribution in [0.1, 0.15) is 30.4 Å². The molecule has 3 nitrogen and oxygen atoms in total. The zero-order valence-electron chi connectivity index (χ0n) is 12.2. The van der Waals surface area contributed by atoms with Gasteiger partial charge in [-0.1, -0.05) is 24.3 Å². The third-order valence-electron chi connectivity index (χ3n) is 4.14. The van der Waals surface area contributed by atoms with Gasteiger partial charge in [0.1, 0.15) is 0 Å². The predicted molar refractivity (Wildman–Crippen MR) is 77.5 cm³/mol. The van der Waals surface area contributed by atoms with Crippen molar-refractivity contribution in [2.24, 2.45) is 0 Å². The molecule has 0 aromatic heterocycles. The number of methoxy groups -OCH3 is 1. The van der Waals surface area contributed by atoms with Crippen molar-refractivity contribution in [2.45, 2.75) is 38.3 Å². The van der Waals surface area contributed by atoms with Gasteiger partial charge in [0.2, 0.25) is 0 Å². The summed E-state index contributed by atoms with van der Waals surface area (Å²) in [4.78, 5) is 2.38. The van der Waals surface area contributed by atoms with Gasteiger partial charge in [-0.3, -0.25) is 4.90 Å². The number of hydrogen-bond acceptors (Lipinski definition) is 3. The molecule has 1 N–H and O–H groups in total. The molecule has 106 valence electrons. The Morgan fingerprint density at radius 1 is 1.42 bits per heavy atom. The Balaban J connectivity index is 1.99. The molecule has 1 saturated heterocycles. The summed E-state index contributed by atoms with van der Waals surface area (Å²) in [6.45, 7) is 6.59. The number of rotatable bonds is 5. The maximum absolute atomic E-state index is 9.87. The first-order valence-electron chi connectivity index (χ1n) is 7.08. The average molecular weight is 263 g/mol. The van der Waals surface area contributed by atoms with Crippen LogP contribution < -0.4 is 0 Å². The monoisotopic (exact) mass is 263 g/mol. The van der Waals surface area contributed by atoms with E-state index in [0.29, 0.717) is 25.1 Å². The molecule has 0 spiro atoms. The first kappa shape index (κ1) is 14.5. The van der Waals surface area contributed by atoms with Crippen LogP contribution in [0.5, 0.6) is 0 Å². The molecule has 19 heavy (non-hydrogen) atoms. The molecule has 1 aromatic carbocycles. The Bertz CT molecular complexity index is 407. The van der Waals surface area contributed by atoms with Crippen LogP contribution in [-0.4, -0.2) is 49.0 Å². The van der Waals surface area contributed by atoms with E-state index in [1.54, 1.807) is 7.11 Å². The Morgan fingerprint density at radius 2 is 2.16 bits per heavy atom. The molecule has 0 unspecified atom stereocenters. The molecule has 1 aliphatic rings. The lowest BCUT2D eigenvalue weighted by atomic mass is 9.93. The second-order valence-electron chi connectivity index (χ2n) is 5.70. The van der Waals surface area contributed by atoms with Gasteiger partial charge >= 0.3 is 0 Å². The van der Waals surface area contributed by atoms with E-state index in [-0.39, 0.29) is 6.10 Å². The standard InChI is InChI=1S/C16H25NO2/c1-12-6-4-5-7-16(12)14-8-13(2)17(9-14)10-15(18)11-19-3/h4-7,13-15,18H,8-11H2,1-3H3/t13-,14+,15+/m0/s1. The Labute approximate surface area is 116 Å². The largest absolute Gasteiger partial charge is 0.389 e. The molecular formula is C16H25NO2. The van der Waals surface area contributed by atoms with Gasteiger partial charge < -0.3 is 9.84 Å². The highest BCUT2D eigenvalue weighted by molar-refractivity contribution is 5.30. The van der Waals surface area contributed by atoms with Crippen molar-refractivity contribution in [1.29, 1.82) is 0 Å². The van der Waals surface area contributed by atoms with Crippen LogP contribution in [0.3, 0.4) is 0 Å². The molecule has 0 aliphatic carbocycles. The SMILES string of the molecule is COC[C@H](O)CN1C[C@H](c2ccccc2C)C[C@@H]1C. The summed E-state index contributed by atoms with van der Waals surface area (Å²) in [6.07, 6.45) is 0.785. The van der Waals surface area contributed by atoms with Crippen LogP contribution in [0.4, 0.5) is 0 Å². The third kappa shape index (κ3) is 3.56. The first-order chi connectivity index (χ1) is 9.11. The zero-order valence-corrected chi connectivity index (χ0v) is 12.2. The number of ether oxygens (including phenoxy) is 1. The Morgan fingerprint density at radius 3 is 2.84 bits per heavy atom. The van der Waals surface area contributed by atoms with E-state index in [4.69, 9.17) is 4.74 Å². The third-order valence-corrected chi connectivity index (χ3v) is 4.14. The molecule has 1 heterocycles. The fraction of sp³-hybridized carbons (Fsp3) is 0.625. The molecule has 0 saturated carbocycles. The van der Waals surface area contributed by atoms with Gasteiger partial charge in [-0.15, -0.1) is 0 Å². The van der Waals surface area contributed by atoms with E-state index in [0.717, 1.165) is 6.54 Å². The van der Waals surface area contributed by atoms with E-state index in [1.165, 1.54) is 17.5 Å². The van der Waals surface area contributed by atoms with Gasteiger partial charge in [-0.2, -0.15) is 0 Å². The zero-order chi connectivity index (χ0) is 13.8. The van der Waals surface area contributed by atoms with Crippen LogP contribution in [-0.2, 0) is 4.74 Å². The Kier molecular flexibility index (Phi) is 4.97. The normalized spacial score (nSPS) is 25.7. The van der Waals surface area contributed by atoms with Crippen LogP contribution >= 0.6 is 0 Å². The number of likely N-dealkylation sites (tertiary alicyclic amines) is 1. The minimum Gasteiger partial charge on any atom is -0.389 e. The number of nitrogens with zero attached hydrogens (tertiary/aromatic N) is 1. The van der Waals surface area contributed by atoms with Crippen LogP contribution in [0.25, 0.3) is 0 Å². The second-order valence-corrected chi connectivity index (χ2v) is 5.70. The number of aliphatic hydroxyl groups excluding tert-OH is 1. The number of aryl methyl sites for hydroxylation is 1. The van der Waals surface area contributed by atoms with E-state index >= 15 is 0 Å². The molecule has 1 aliphatic heterocycles. The molecule has 3 atom stereocenters. The summed E-state index contributed by atoms with van der Waals surface area (Å²) < 4.78 is 5.00. The van der Waals surface area contributed by atoms with Gasteiger partial charge in [0.25, 0.3) is 0 Å². The lowest BCUT2D eigenvalue weighted by Crippen LogP contribution is -2.36. The van der Waals surface area contributed by atoms with Gasteiger partial charge in [-0.05, 0) is 37.3 Å². The van der Waals surface area contributed by atoms with Crippen molar-refractivity contribution < 1.29 is 9.84 Å². The van der Waals surface area contributed by atoms with Crippen molar-refractivity contribution in [3.05, 3.63) is 35.4 Å². The van der Waals surface area contributed by atoms with Crippen molar-refractivity contribution in [3.63, 3.8) is 0 Å². The second kappa shape index (κ2) is 6.51. The lowest BCUT2D eigenvalue weighted by Gasteiger charge is -2.23. The molecule has 1 aromatic rings. The fourth-order valence-corrected chi connectivity index (χ4v) is 3.14. The van der Waals surface area contributed by atoms with E-state index < -0.39 is 0 Å². The highest BCUT2D eigenvalue weighted by Gasteiger charge is 2.31. The van der Waals surface area contributed by atoms with Crippen molar-refractivity contribution in [1.82, 2.24) is 4.90 Å². The molecule has 0 radical (unpaired) electrons. The van der Waals surface area contributed by atoms with Gasteiger partial charge in [0.15, 0.2) is 0 Å². The quantitative estimate of drug-likeness (QED) is 0.884. The number of benzene rings is 1. The van der Waals surface area contributed by atoms with E-state index in [1.807, 2.05) is 0 Å². The highest BCUT2D eigenvalue weighted by atomic mass is 16.5. The summed E-state index contributed by atoms with van der Waals surface area (Å²) in [6, 6.07) is 9.16. The minimum absolute atomic E-state index is 0.386. The average Bonchev–Trinajstić information content (AvgIpc) is 2.71. The van der Waals surface area contributed by atoms with Crippen molar-refractivity contribution in [2.75, 3.05) is 26.8 Å². The summed E-state index contributed by atoms with van der Waals surface area (Å²) in [7, 11) is 1.63. The number of β-amino-alcohol motifs (C(OH)–C–C–N with tert-alkyl or cyclic N) is 1. The van der Waals surface area contributed by atoms with Gasteiger partial charge in [0.05, 0.1) is 12.7 Å². The molecule has 0 bridgehead atoms. The Hall–Kier alpha value is -0.900. The molecule has 0 amide bonds. The summed E-state index contributed by atoms with van der Waals surface area (Å²) in [5, 5.41) is 9.87. The topological polar surface area (TPSA) is 32.7 Å². The summed E-state index contributed by atoms with van der Waals surface area (Å²) in [5.41, 5.74) is 2.83. The number of hydrogen-bond donors (Lipinski definition) is 1. The van der Waals surface area contributed by atoms with Crippen LogP contribution in [0.2, 0.25) is 0 Å².